The summed E-state index contributed by atoms with van der Waals surface area (Å²) in [5.41, 5.74) is -0.0615. The van der Waals surface area contributed by atoms with Crippen LogP contribution in [-0.2, 0) is 10.2 Å². The Morgan fingerprint density at radius 1 is 1.47 bits per heavy atom. The highest BCUT2D eigenvalue weighted by Gasteiger charge is 2.27. The van der Waals surface area contributed by atoms with Gasteiger partial charge in [0.2, 0.25) is 5.91 Å². The van der Waals surface area contributed by atoms with Gasteiger partial charge in [0.1, 0.15) is 5.76 Å². The van der Waals surface area contributed by atoms with Crippen molar-refractivity contribution in [1.29, 1.82) is 0 Å². The molecular formula is C11H16N2O2. The third-order valence-corrected chi connectivity index (χ3v) is 2.59. The third-order valence-electron chi connectivity index (χ3n) is 2.59. The van der Waals surface area contributed by atoms with Crippen LogP contribution in [0.4, 0.5) is 5.82 Å². The topological polar surface area (TPSA) is 46.3 Å². The van der Waals surface area contributed by atoms with E-state index >= 15 is 0 Å². The Hall–Kier alpha value is -1.32. The number of anilines is 1. The average Bonchev–Trinajstić information content (AvgIpc) is 2.69. The number of carbonyl (C=O) groups is 1. The lowest BCUT2D eigenvalue weighted by molar-refractivity contribution is -0.117. The summed E-state index contributed by atoms with van der Waals surface area (Å²) in [4.78, 5) is 13.2. The lowest BCUT2D eigenvalue weighted by Crippen LogP contribution is -2.23. The smallest absolute Gasteiger partial charge is 0.228 e. The predicted octanol–water partition coefficient (Wildman–Crippen LogP) is 2.10. The molecule has 0 aromatic carbocycles. The average molecular weight is 208 g/mol. The summed E-state index contributed by atoms with van der Waals surface area (Å²) in [6.07, 6.45) is 1.54. The van der Waals surface area contributed by atoms with Crippen LogP contribution in [-0.4, -0.2) is 17.6 Å². The molecule has 0 saturated carbocycles. The summed E-state index contributed by atoms with van der Waals surface area (Å²) in [6, 6.07) is 1.86. The van der Waals surface area contributed by atoms with Crippen molar-refractivity contribution >= 4 is 11.7 Å². The molecule has 1 aromatic heterocycles. The normalized spacial score (nSPS) is 17.5. The molecule has 0 spiro atoms. The lowest BCUT2D eigenvalue weighted by atomic mass is 9.93. The van der Waals surface area contributed by atoms with Gasteiger partial charge >= 0.3 is 0 Å². The van der Waals surface area contributed by atoms with Crippen LogP contribution in [0.1, 0.15) is 39.4 Å². The fourth-order valence-corrected chi connectivity index (χ4v) is 1.64. The van der Waals surface area contributed by atoms with E-state index < -0.39 is 0 Å². The van der Waals surface area contributed by atoms with Gasteiger partial charge in [-0.25, -0.2) is 0 Å². The molecule has 0 atom stereocenters. The van der Waals surface area contributed by atoms with Crippen LogP contribution in [0.15, 0.2) is 10.6 Å². The van der Waals surface area contributed by atoms with Gasteiger partial charge in [-0.05, 0) is 6.42 Å². The maximum Gasteiger partial charge on any atom is 0.228 e. The number of amides is 1. The number of rotatable bonds is 1. The van der Waals surface area contributed by atoms with Crippen molar-refractivity contribution in [2.24, 2.45) is 0 Å². The molecule has 0 unspecified atom stereocenters. The minimum atomic E-state index is -0.0615. The van der Waals surface area contributed by atoms with Crippen LogP contribution in [0.5, 0.6) is 0 Å². The molecule has 1 aliphatic heterocycles. The first-order chi connectivity index (χ1) is 6.98. The van der Waals surface area contributed by atoms with Crippen molar-refractivity contribution in [3.05, 3.63) is 11.8 Å². The number of hydrogen-bond acceptors (Lipinski definition) is 3. The lowest BCUT2D eigenvalue weighted by Gasteiger charge is -2.13. The SMILES string of the molecule is CC(C)(C)c1cc(N2CCCC2=O)no1. The molecule has 2 rings (SSSR count). The predicted molar refractivity (Wildman–Crippen MR) is 56.8 cm³/mol. The fraction of sp³-hybridized carbons (Fsp3) is 0.636. The largest absolute Gasteiger partial charge is 0.359 e. The van der Waals surface area contributed by atoms with Gasteiger partial charge in [0.25, 0.3) is 0 Å². The first kappa shape index (κ1) is 10.2. The summed E-state index contributed by atoms with van der Waals surface area (Å²) in [6.45, 7) is 6.93. The minimum absolute atomic E-state index is 0.0615. The second-order valence-corrected chi connectivity index (χ2v) is 4.95. The monoisotopic (exact) mass is 208 g/mol. The third kappa shape index (κ3) is 1.89. The Balaban J connectivity index is 2.24. The van der Waals surface area contributed by atoms with Gasteiger partial charge in [-0.15, -0.1) is 0 Å². The molecule has 1 fully saturated rings. The second kappa shape index (κ2) is 3.36. The van der Waals surface area contributed by atoms with E-state index in [1.54, 1.807) is 4.90 Å². The number of nitrogens with zero attached hydrogens (tertiary/aromatic N) is 2. The van der Waals surface area contributed by atoms with E-state index in [4.69, 9.17) is 4.52 Å². The number of carbonyl (C=O) groups excluding carboxylic acids is 1. The zero-order valence-corrected chi connectivity index (χ0v) is 9.41. The highest BCUT2D eigenvalue weighted by atomic mass is 16.5. The van der Waals surface area contributed by atoms with Crippen LogP contribution >= 0.6 is 0 Å². The molecule has 1 aliphatic rings. The van der Waals surface area contributed by atoms with Gasteiger partial charge in [0.15, 0.2) is 5.82 Å². The molecular weight excluding hydrogens is 192 g/mol. The quantitative estimate of drug-likeness (QED) is 0.710. The maximum absolute atomic E-state index is 11.5. The second-order valence-electron chi connectivity index (χ2n) is 4.95. The first-order valence-corrected chi connectivity index (χ1v) is 5.26. The van der Waals surface area contributed by atoms with Crippen LogP contribution in [0.2, 0.25) is 0 Å². The minimum Gasteiger partial charge on any atom is -0.359 e. The van der Waals surface area contributed by atoms with Crippen molar-refractivity contribution in [3.63, 3.8) is 0 Å². The van der Waals surface area contributed by atoms with Crippen LogP contribution in [0.25, 0.3) is 0 Å². The molecule has 1 saturated heterocycles. The summed E-state index contributed by atoms with van der Waals surface area (Å²) in [7, 11) is 0. The fourth-order valence-electron chi connectivity index (χ4n) is 1.64. The zero-order chi connectivity index (χ0) is 11.1. The van der Waals surface area contributed by atoms with E-state index in [9.17, 15) is 4.79 Å². The standard InChI is InChI=1S/C11H16N2O2/c1-11(2,3)8-7-9(12-15-8)13-6-4-5-10(13)14/h7H,4-6H2,1-3H3. The Morgan fingerprint density at radius 2 is 2.20 bits per heavy atom. The van der Waals surface area contributed by atoms with E-state index in [2.05, 4.69) is 25.9 Å². The molecule has 82 valence electrons. The van der Waals surface area contributed by atoms with E-state index in [-0.39, 0.29) is 11.3 Å². The molecule has 15 heavy (non-hydrogen) atoms. The summed E-state index contributed by atoms with van der Waals surface area (Å²) in [5, 5.41) is 3.95. The molecule has 0 N–H and O–H groups in total. The number of aromatic nitrogens is 1. The summed E-state index contributed by atoms with van der Waals surface area (Å²) in [5.74, 6) is 1.61. The molecule has 0 aliphatic carbocycles. The van der Waals surface area contributed by atoms with Crippen LogP contribution in [0.3, 0.4) is 0 Å². The Kier molecular flexibility index (Phi) is 2.29. The molecule has 2 heterocycles. The molecule has 4 heteroatoms. The summed E-state index contributed by atoms with van der Waals surface area (Å²) < 4.78 is 5.25. The molecule has 1 aromatic rings. The molecule has 1 amide bonds. The van der Waals surface area contributed by atoms with Gasteiger partial charge in [0.05, 0.1) is 0 Å². The van der Waals surface area contributed by atoms with Crippen LogP contribution < -0.4 is 4.90 Å². The van der Waals surface area contributed by atoms with Gasteiger partial charge in [-0.1, -0.05) is 25.9 Å². The van der Waals surface area contributed by atoms with Gasteiger partial charge < -0.3 is 4.52 Å². The van der Waals surface area contributed by atoms with E-state index in [0.29, 0.717) is 12.2 Å². The van der Waals surface area contributed by atoms with Crippen molar-refractivity contribution in [2.75, 3.05) is 11.4 Å². The Bertz CT molecular complexity index is 376. The molecule has 0 bridgehead atoms. The van der Waals surface area contributed by atoms with Gasteiger partial charge in [-0.2, -0.15) is 0 Å². The number of hydrogen-bond donors (Lipinski definition) is 0. The maximum atomic E-state index is 11.5. The van der Waals surface area contributed by atoms with Crippen LogP contribution in [0, 0.1) is 0 Å². The first-order valence-electron chi connectivity index (χ1n) is 5.26. The Labute approximate surface area is 89.2 Å². The van der Waals surface area contributed by atoms with Crippen molar-refractivity contribution < 1.29 is 9.32 Å². The van der Waals surface area contributed by atoms with E-state index in [1.165, 1.54) is 0 Å². The van der Waals surface area contributed by atoms with Gasteiger partial charge in [-0.3, -0.25) is 9.69 Å². The summed E-state index contributed by atoms with van der Waals surface area (Å²) >= 11 is 0. The van der Waals surface area contributed by atoms with E-state index in [0.717, 1.165) is 18.7 Å². The van der Waals surface area contributed by atoms with Crippen molar-refractivity contribution in [1.82, 2.24) is 5.16 Å². The molecule has 0 radical (unpaired) electrons. The highest BCUT2D eigenvalue weighted by Crippen LogP contribution is 2.27. The van der Waals surface area contributed by atoms with E-state index in [1.807, 2.05) is 6.07 Å². The van der Waals surface area contributed by atoms with Gasteiger partial charge in [0, 0.05) is 24.4 Å². The Morgan fingerprint density at radius 3 is 2.67 bits per heavy atom. The molecule has 4 nitrogen and oxygen atoms in total. The highest BCUT2D eigenvalue weighted by molar-refractivity contribution is 5.94. The van der Waals surface area contributed by atoms with Crippen molar-refractivity contribution in [2.45, 2.75) is 39.0 Å². The van der Waals surface area contributed by atoms with Crippen molar-refractivity contribution in [3.8, 4) is 0 Å². The zero-order valence-electron chi connectivity index (χ0n) is 9.41.